The number of hydrogen-bond donors (Lipinski definition) is 4. The van der Waals surface area contributed by atoms with Gasteiger partial charge >= 0.3 is 0 Å². The summed E-state index contributed by atoms with van der Waals surface area (Å²) in [5, 5.41) is 6.72. The molecule has 0 saturated carbocycles. The van der Waals surface area contributed by atoms with Crippen LogP contribution in [0.15, 0.2) is 12.3 Å². The summed E-state index contributed by atoms with van der Waals surface area (Å²) in [6, 6.07) is 0. The average Bonchev–Trinajstić information content (AvgIpc) is 2.40. The zero-order chi connectivity index (χ0) is 20.8. The first-order valence-corrected chi connectivity index (χ1v) is 11.0. The minimum absolute atomic E-state index is 0.0316. The standard InChI is InChI=1S/C17H37N3S2.C4H10/c1-7-18-15(2)10-8-9-12-20(14-16(3,4)21)13-11-19-17(5,6)22;1-4(2)3/h18-19,21-22H,2,7-14H2,1,3-6H3;4H,1-3H3. The van der Waals surface area contributed by atoms with Crippen LogP contribution in [0, 0.1) is 5.92 Å². The van der Waals surface area contributed by atoms with Gasteiger partial charge in [0.1, 0.15) is 0 Å². The van der Waals surface area contributed by atoms with Crippen molar-refractivity contribution in [2.24, 2.45) is 5.92 Å². The van der Waals surface area contributed by atoms with Gasteiger partial charge in [0.05, 0.1) is 4.87 Å². The Balaban J connectivity index is 0. The molecule has 158 valence electrons. The summed E-state index contributed by atoms with van der Waals surface area (Å²) in [6.07, 6.45) is 3.44. The first-order valence-electron chi connectivity index (χ1n) is 10.1. The monoisotopic (exact) mass is 405 g/mol. The highest BCUT2D eigenvalue weighted by Gasteiger charge is 2.18. The SMILES string of the molecule is C=C(CCCCN(CCNC(C)(C)S)CC(C)(C)S)NCC.CC(C)C. The van der Waals surface area contributed by atoms with Gasteiger partial charge in [-0.2, -0.15) is 25.3 Å². The third kappa shape index (κ3) is 26.4. The Kier molecular flexibility index (Phi) is 16.5. The predicted molar refractivity (Wildman–Crippen MR) is 128 cm³/mol. The van der Waals surface area contributed by atoms with Crippen molar-refractivity contribution in [1.29, 1.82) is 0 Å². The average molecular weight is 406 g/mol. The van der Waals surface area contributed by atoms with E-state index in [0.717, 1.165) is 50.8 Å². The van der Waals surface area contributed by atoms with Gasteiger partial charge in [-0.15, -0.1) is 0 Å². The van der Waals surface area contributed by atoms with Crippen LogP contribution in [-0.2, 0) is 0 Å². The highest BCUT2D eigenvalue weighted by Crippen LogP contribution is 2.15. The van der Waals surface area contributed by atoms with Gasteiger partial charge in [-0.25, -0.2) is 0 Å². The van der Waals surface area contributed by atoms with E-state index in [9.17, 15) is 0 Å². The van der Waals surface area contributed by atoms with E-state index in [1.165, 1.54) is 12.8 Å². The fourth-order valence-electron chi connectivity index (χ4n) is 2.35. The lowest BCUT2D eigenvalue weighted by Gasteiger charge is -2.30. The van der Waals surface area contributed by atoms with E-state index >= 15 is 0 Å². The molecule has 0 rings (SSSR count). The fourth-order valence-corrected chi connectivity index (χ4v) is 2.66. The lowest BCUT2D eigenvalue weighted by molar-refractivity contribution is 0.247. The van der Waals surface area contributed by atoms with Crippen molar-refractivity contribution in [2.75, 3.05) is 32.7 Å². The molecular weight excluding hydrogens is 358 g/mol. The van der Waals surface area contributed by atoms with Crippen LogP contribution in [0.4, 0.5) is 0 Å². The molecular formula is C21H47N3S2. The van der Waals surface area contributed by atoms with E-state index in [0.29, 0.717) is 0 Å². The van der Waals surface area contributed by atoms with Crippen LogP contribution in [0.2, 0.25) is 0 Å². The van der Waals surface area contributed by atoms with E-state index in [2.05, 4.69) is 103 Å². The summed E-state index contributed by atoms with van der Waals surface area (Å²) in [5.74, 6) is 0.833. The molecule has 5 heteroatoms. The van der Waals surface area contributed by atoms with Crippen LogP contribution in [0.3, 0.4) is 0 Å². The van der Waals surface area contributed by atoms with Crippen LogP contribution >= 0.6 is 25.3 Å². The van der Waals surface area contributed by atoms with Gasteiger partial charge in [0, 0.05) is 36.6 Å². The quantitative estimate of drug-likeness (QED) is 0.192. The van der Waals surface area contributed by atoms with E-state index in [4.69, 9.17) is 0 Å². The lowest BCUT2D eigenvalue weighted by atomic mass is 10.1. The summed E-state index contributed by atoms with van der Waals surface area (Å²) in [7, 11) is 0. The maximum absolute atomic E-state index is 4.68. The first-order chi connectivity index (χ1) is 11.8. The second-order valence-electron chi connectivity index (χ2n) is 8.90. The minimum atomic E-state index is -0.119. The topological polar surface area (TPSA) is 27.3 Å². The first kappa shape index (κ1) is 28.4. The summed E-state index contributed by atoms with van der Waals surface area (Å²) in [5.41, 5.74) is 1.15. The van der Waals surface area contributed by atoms with Gasteiger partial charge in [0.25, 0.3) is 0 Å². The predicted octanol–water partition coefficient (Wildman–Crippen LogP) is 5.21. The molecule has 26 heavy (non-hydrogen) atoms. The number of allylic oxidation sites excluding steroid dienone is 1. The molecule has 0 heterocycles. The zero-order valence-electron chi connectivity index (χ0n) is 18.8. The molecule has 0 atom stereocenters. The minimum Gasteiger partial charge on any atom is -0.389 e. The Bertz CT molecular complexity index is 341. The Morgan fingerprint density at radius 3 is 2.00 bits per heavy atom. The zero-order valence-corrected chi connectivity index (χ0v) is 20.6. The number of unbranched alkanes of at least 4 members (excludes halogenated alkanes) is 1. The molecule has 0 saturated heterocycles. The Morgan fingerprint density at radius 2 is 1.58 bits per heavy atom. The molecule has 0 aliphatic rings. The van der Waals surface area contributed by atoms with Gasteiger partial charge in [-0.1, -0.05) is 27.4 Å². The molecule has 0 aromatic rings. The Labute approximate surface area is 176 Å². The van der Waals surface area contributed by atoms with Crippen molar-refractivity contribution in [3.63, 3.8) is 0 Å². The smallest absolute Gasteiger partial charge is 0.0558 e. The van der Waals surface area contributed by atoms with Gasteiger partial charge in [-0.05, 0) is 66.3 Å². The van der Waals surface area contributed by atoms with Gasteiger partial charge < -0.3 is 15.5 Å². The lowest BCUT2D eigenvalue weighted by Crippen LogP contribution is -2.43. The second kappa shape index (κ2) is 15.1. The van der Waals surface area contributed by atoms with Crippen LogP contribution in [0.25, 0.3) is 0 Å². The molecule has 0 fully saturated rings. The fraction of sp³-hybridized carbons (Fsp3) is 0.905. The molecule has 0 aliphatic carbocycles. The molecule has 0 radical (unpaired) electrons. The highest BCUT2D eigenvalue weighted by molar-refractivity contribution is 7.81. The van der Waals surface area contributed by atoms with Crippen molar-refractivity contribution in [3.8, 4) is 0 Å². The normalized spacial score (nSPS) is 12.2. The second-order valence-corrected chi connectivity index (χ2v) is 11.2. The maximum atomic E-state index is 4.68. The van der Waals surface area contributed by atoms with Crippen molar-refractivity contribution in [1.82, 2.24) is 15.5 Å². The van der Waals surface area contributed by atoms with Crippen LogP contribution < -0.4 is 10.6 Å². The van der Waals surface area contributed by atoms with Crippen molar-refractivity contribution in [2.45, 2.75) is 84.3 Å². The van der Waals surface area contributed by atoms with E-state index in [1.807, 2.05) is 0 Å². The number of nitrogens with zero attached hydrogens (tertiary/aromatic N) is 1. The molecule has 3 nitrogen and oxygen atoms in total. The third-order valence-corrected chi connectivity index (χ3v) is 3.53. The maximum Gasteiger partial charge on any atom is 0.0558 e. The summed E-state index contributed by atoms with van der Waals surface area (Å²) in [4.78, 5) is 2.38. The summed E-state index contributed by atoms with van der Waals surface area (Å²) in [6.45, 7) is 26.2. The van der Waals surface area contributed by atoms with E-state index in [1.54, 1.807) is 0 Å². The summed E-state index contributed by atoms with van der Waals surface area (Å²) >= 11 is 9.19. The van der Waals surface area contributed by atoms with Crippen molar-refractivity contribution >= 4 is 25.3 Å². The number of rotatable bonds is 13. The summed E-state index contributed by atoms with van der Waals surface area (Å²) < 4.78 is 0.0316. The molecule has 2 N–H and O–H groups in total. The highest BCUT2D eigenvalue weighted by atomic mass is 32.1. The number of thiol groups is 2. The molecule has 0 unspecified atom stereocenters. The molecule has 0 aromatic heterocycles. The number of hydrogen-bond acceptors (Lipinski definition) is 5. The van der Waals surface area contributed by atoms with Gasteiger partial charge in [0.15, 0.2) is 0 Å². The van der Waals surface area contributed by atoms with Gasteiger partial charge in [0.2, 0.25) is 0 Å². The van der Waals surface area contributed by atoms with E-state index < -0.39 is 0 Å². The Hall–Kier alpha value is 0.160. The van der Waals surface area contributed by atoms with Crippen LogP contribution in [0.5, 0.6) is 0 Å². The largest absolute Gasteiger partial charge is 0.389 e. The molecule has 0 spiro atoms. The Morgan fingerprint density at radius 1 is 1.04 bits per heavy atom. The molecule has 0 aromatic carbocycles. The van der Waals surface area contributed by atoms with E-state index in [-0.39, 0.29) is 9.62 Å². The molecule has 0 aliphatic heterocycles. The molecule has 0 bridgehead atoms. The van der Waals surface area contributed by atoms with Crippen molar-refractivity contribution in [3.05, 3.63) is 12.3 Å². The molecule has 0 amide bonds. The number of nitrogens with one attached hydrogen (secondary N) is 2. The van der Waals surface area contributed by atoms with Crippen LogP contribution in [0.1, 0.15) is 74.7 Å². The van der Waals surface area contributed by atoms with Crippen molar-refractivity contribution < 1.29 is 0 Å². The third-order valence-electron chi connectivity index (χ3n) is 3.23. The van der Waals surface area contributed by atoms with Crippen LogP contribution in [-0.4, -0.2) is 47.2 Å². The van der Waals surface area contributed by atoms with Gasteiger partial charge in [-0.3, -0.25) is 0 Å².